The molecule has 9 nitrogen and oxygen atoms in total. The predicted octanol–water partition coefficient (Wildman–Crippen LogP) is 4.90. The van der Waals surface area contributed by atoms with Crippen LogP contribution in [0, 0.1) is 0 Å². The second-order valence-electron chi connectivity index (χ2n) is 11.2. The molecule has 3 N–H and O–H groups in total. The molecule has 1 aliphatic carbocycles. The smallest absolute Gasteiger partial charge is 0.255 e. The van der Waals surface area contributed by atoms with E-state index in [1.807, 2.05) is 0 Å². The van der Waals surface area contributed by atoms with Crippen LogP contribution in [0.15, 0.2) is 60.7 Å². The molecule has 0 radical (unpaired) electrons. The Morgan fingerprint density at radius 3 is 2.53 bits per heavy atom. The summed E-state index contributed by atoms with van der Waals surface area (Å²) in [5.74, 6) is -1.54. The van der Waals surface area contributed by atoms with E-state index in [4.69, 9.17) is 23.2 Å². The lowest BCUT2D eigenvalue weighted by atomic mass is 9.76. The van der Waals surface area contributed by atoms with Gasteiger partial charge in [-0.1, -0.05) is 66.4 Å². The van der Waals surface area contributed by atoms with Crippen LogP contribution in [-0.4, -0.2) is 53.6 Å². The summed E-state index contributed by atoms with van der Waals surface area (Å²) in [4.78, 5) is 34.9. The highest BCUT2D eigenvalue weighted by atomic mass is 35.5. The van der Waals surface area contributed by atoms with Crippen LogP contribution in [0.4, 0.5) is 0 Å². The number of aromatic nitrogens is 1. The molecule has 1 fully saturated rings. The Morgan fingerprint density at radius 2 is 1.81 bits per heavy atom. The Kier molecular flexibility index (Phi) is 9.43. The summed E-state index contributed by atoms with van der Waals surface area (Å²) in [6.07, 6.45) is 3.79. The molecule has 12 heteroatoms. The monoisotopic (exact) mass is 644 g/mol. The van der Waals surface area contributed by atoms with Crippen molar-refractivity contribution < 1.29 is 23.1 Å². The number of amides is 2. The first-order valence-corrected chi connectivity index (χ1v) is 16.8. The van der Waals surface area contributed by atoms with Gasteiger partial charge in [-0.15, -0.1) is 0 Å². The number of hydrogen-bond acceptors (Lipinski definition) is 6. The number of benzene rings is 2. The van der Waals surface area contributed by atoms with E-state index < -0.39 is 40.1 Å². The van der Waals surface area contributed by atoms with Crippen molar-refractivity contribution in [3.05, 3.63) is 98.8 Å². The summed E-state index contributed by atoms with van der Waals surface area (Å²) in [5.41, 5.74) is 2.50. The van der Waals surface area contributed by atoms with Crippen molar-refractivity contribution in [2.75, 3.05) is 6.26 Å². The number of rotatable bonds is 8. The number of aliphatic hydroxyl groups is 1. The molecule has 1 saturated carbocycles. The fourth-order valence-corrected chi connectivity index (χ4v) is 7.68. The lowest BCUT2D eigenvalue weighted by molar-refractivity contribution is -0.125. The molecule has 5 atom stereocenters. The number of carbonyl (C=O) groups is 2. The van der Waals surface area contributed by atoms with Crippen LogP contribution in [0.3, 0.4) is 0 Å². The fourth-order valence-electron chi connectivity index (χ4n) is 6.33. The Morgan fingerprint density at radius 1 is 1.07 bits per heavy atom. The number of sulfonamides is 1. The van der Waals surface area contributed by atoms with Crippen molar-refractivity contribution >= 4 is 45.0 Å². The number of fused-ring (bicyclic) bond motifs is 1. The molecule has 2 amide bonds. The standard InChI is InChI=1S/C31H34Cl2N4O5S/c1-18(25-12-7-8-20(17-38)35-25)34-30(39)28-21-9-3-4-10-22(21)31(40)37(29(28)23-15-14-19(32)16-24(23)33)27-13-6-5-11-26(27)36-43(2,41)42/h3-4,7-10,12,14-16,18,26-29,36,38H,5-6,11,13,17H2,1-2H3,(H,34,39)/t18?,26-,27-,28+,29-/m0/s1. The van der Waals surface area contributed by atoms with E-state index in [1.165, 1.54) is 0 Å². The molecule has 2 heterocycles. The zero-order valence-electron chi connectivity index (χ0n) is 23.8. The van der Waals surface area contributed by atoms with Crippen LogP contribution in [0.1, 0.15) is 83.5 Å². The summed E-state index contributed by atoms with van der Waals surface area (Å²) >= 11 is 13.1. The average molecular weight is 646 g/mol. The van der Waals surface area contributed by atoms with Gasteiger partial charge in [0.2, 0.25) is 15.9 Å². The Balaban J connectivity index is 1.65. The van der Waals surface area contributed by atoms with Crippen molar-refractivity contribution in [1.82, 2.24) is 19.9 Å². The molecule has 1 unspecified atom stereocenters. The van der Waals surface area contributed by atoms with E-state index in [1.54, 1.807) is 72.5 Å². The molecule has 1 aromatic heterocycles. The summed E-state index contributed by atoms with van der Waals surface area (Å²) in [7, 11) is -3.59. The van der Waals surface area contributed by atoms with Gasteiger partial charge in [-0.05, 0) is 61.2 Å². The second-order valence-corrected chi connectivity index (χ2v) is 13.8. The van der Waals surface area contributed by atoms with Gasteiger partial charge in [-0.25, -0.2) is 13.1 Å². The highest BCUT2D eigenvalue weighted by Gasteiger charge is 2.49. The normalized spacial score (nSPS) is 23.0. The zero-order chi connectivity index (χ0) is 30.9. The number of nitrogens with one attached hydrogen (secondary N) is 2. The van der Waals surface area contributed by atoms with Gasteiger partial charge in [-0.2, -0.15) is 0 Å². The topological polar surface area (TPSA) is 129 Å². The molecular weight excluding hydrogens is 611 g/mol. The Hall–Kier alpha value is -3.02. The molecule has 3 aromatic rings. The summed E-state index contributed by atoms with van der Waals surface area (Å²) in [5, 5.41) is 13.3. The van der Waals surface area contributed by atoms with E-state index in [0.29, 0.717) is 51.0 Å². The van der Waals surface area contributed by atoms with Gasteiger partial charge in [0.25, 0.3) is 5.91 Å². The summed E-state index contributed by atoms with van der Waals surface area (Å²) in [6.45, 7) is 1.57. The number of halogens is 2. The number of carbonyl (C=O) groups excluding carboxylic acids is 2. The van der Waals surface area contributed by atoms with Gasteiger partial charge in [0.1, 0.15) is 0 Å². The maximum atomic E-state index is 14.4. The quantitative estimate of drug-likeness (QED) is 0.320. The van der Waals surface area contributed by atoms with E-state index in [-0.39, 0.29) is 18.4 Å². The lowest BCUT2D eigenvalue weighted by Crippen LogP contribution is -2.59. The zero-order valence-corrected chi connectivity index (χ0v) is 26.2. The minimum Gasteiger partial charge on any atom is -0.390 e. The molecular formula is C31H34Cl2N4O5S. The molecule has 0 bridgehead atoms. The number of hydrogen-bond donors (Lipinski definition) is 3. The fraction of sp³-hybridized carbons (Fsp3) is 0.387. The van der Waals surface area contributed by atoms with Crippen LogP contribution in [0.25, 0.3) is 0 Å². The van der Waals surface area contributed by atoms with Crippen molar-refractivity contribution in [2.45, 2.75) is 69.3 Å². The molecule has 1 aliphatic heterocycles. The van der Waals surface area contributed by atoms with Gasteiger partial charge in [0, 0.05) is 27.7 Å². The molecule has 228 valence electrons. The lowest BCUT2D eigenvalue weighted by Gasteiger charge is -2.49. The van der Waals surface area contributed by atoms with Gasteiger partial charge in [0.05, 0.1) is 42.3 Å². The maximum Gasteiger partial charge on any atom is 0.255 e. The van der Waals surface area contributed by atoms with Crippen molar-refractivity contribution in [3.63, 3.8) is 0 Å². The number of nitrogens with zero attached hydrogens (tertiary/aromatic N) is 2. The SMILES string of the molecule is CC(NC(=O)[C@@H]1c2ccccc2C(=O)N([C@H]2CCCC[C@@H]2NS(C)(=O)=O)[C@H]1c1ccc(Cl)cc1Cl)c1cccc(CO)n1. The average Bonchev–Trinajstić information content (AvgIpc) is 2.97. The van der Waals surface area contributed by atoms with Crippen LogP contribution in [0.2, 0.25) is 10.0 Å². The Bertz CT molecular complexity index is 1640. The molecule has 43 heavy (non-hydrogen) atoms. The van der Waals surface area contributed by atoms with Gasteiger partial charge in [-0.3, -0.25) is 14.6 Å². The number of pyridine rings is 1. The third-order valence-corrected chi connectivity index (χ3v) is 9.48. The van der Waals surface area contributed by atoms with E-state index >= 15 is 0 Å². The molecule has 2 aliphatic rings. The largest absolute Gasteiger partial charge is 0.390 e. The third-order valence-electron chi connectivity index (χ3n) is 8.18. The minimum atomic E-state index is -3.59. The van der Waals surface area contributed by atoms with Crippen LogP contribution in [-0.2, 0) is 21.4 Å². The van der Waals surface area contributed by atoms with Gasteiger partial charge < -0.3 is 15.3 Å². The van der Waals surface area contributed by atoms with Crippen molar-refractivity contribution in [2.24, 2.45) is 0 Å². The van der Waals surface area contributed by atoms with Crippen LogP contribution in [0.5, 0.6) is 0 Å². The highest BCUT2D eigenvalue weighted by Crippen LogP contribution is 2.48. The molecule has 5 rings (SSSR count). The summed E-state index contributed by atoms with van der Waals surface area (Å²) < 4.78 is 27.5. The van der Waals surface area contributed by atoms with E-state index in [0.717, 1.165) is 19.1 Å². The van der Waals surface area contributed by atoms with Gasteiger partial charge in [0.15, 0.2) is 0 Å². The second kappa shape index (κ2) is 12.9. The van der Waals surface area contributed by atoms with Crippen molar-refractivity contribution in [1.29, 1.82) is 0 Å². The van der Waals surface area contributed by atoms with Crippen LogP contribution < -0.4 is 10.0 Å². The predicted molar refractivity (Wildman–Crippen MR) is 165 cm³/mol. The van der Waals surface area contributed by atoms with Crippen LogP contribution >= 0.6 is 23.2 Å². The van der Waals surface area contributed by atoms with E-state index in [2.05, 4.69) is 15.0 Å². The maximum absolute atomic E-state index is 14.4. The summed E-state index contributed by atoms with van der Waals surface area (Å²) in [6, 6.07) is 14.8. The first-order chi connectivity index (χ1) is 20.5. The Labute approximate surface area is 261 Å². The van der Waals surface area contributed by atoms with E-state index in [9.17, 15) is 23.1 Å². The minimum absolute atomic E-state index is 0.233. The highest BCUT2D eigenvalue weighted by molar-refractivity contribution is 7.88. The van der Waals surface area contributed by atoms with Crippen molar-refractivity contribution in [3.8, 4) is 0 Å². The molecule has 2 aromatic carbocycles. The first-order valence-electron chi connectivity index (χ1n) is 14.2. The van der Waals surface area contributed by atoms with Gasteiger partial charge >= 0.3 is 0 Å². The number of aliphatic hydroxyl groups excluding tert-OH is 1. The first kappa shape index (κ1) is 31.4. The molecule has 0 spiro atoms. The molecule has 0 saturated heterocycles. The third kappa shape index (κ3) is 6.73.